The molecule has 1 amide bonds. The van der Waals surface area contributed by atoms with E-state index in [1.807, 2.05) is 18.2 Å². The Bertz CT molecular complexity index is 820. The molecule has 3 rings (SSSR count). The van der Waals surface area contributed by atoms with Crippen molar-refractivity contribution in [2.75, 3.05) is 13.1 Å². The second-order valence-corrected chi connectivity index (χ2v) is 8.39. The smallest absolute Gasteiger partial charge is 0.224 e. The van der Waals surface area contributed by atoms with Gasteiger partial charge in [0.2, 0.25) is 5.91 Å². The van der Waals surface area contributed by atoms with Crippen LogP contribution in [-0.4, -0.2) is 23.9 Å². The van der Waals surface area contributed by atoms with Crippen molar-refractivity contribution < 1.29 is 4.79 Å². The van der Waals surface area contributed by atoms with Crippen molar-refractivity contribution in [2.45, 2.75) is 52.6 Å². The van der Waals surface area contributed by atoms with E-state index in [4.69, 9.17) is 11.6 Å². The number of amides is 1. The molecule has 1 aliphatic heterocycles. The third kappa shape index (κ3) is 5.15. The van der Waals surface area contributed by atoms with Crippen molar-refractivity contribution in [3.63, 3.8) is 0 Å². The number of aryl methyl sites for hydroxylation is 2. The van der Waals surface area contributed by atoms with Gasteiger partial charge in [-0.2, -0.15) is 0 Å². The van der Waals surface area contributed by atoms with E-state index in [1.54, 1.807) is 0 Å². The average molecular weight is 399 g/mol. The van der Waals surface area contributed by atoms with Gasteiger partial charge in [0.1, 0.15) is 0 Å². The highest BCUT2D eigenvalue weighted by molar-refractivity contribution is 6.31. The van der Waals surface area contributed by atoms with Crippen LogP contribution in [0.1, 0.15) is 54.5 Å². The largest absolute Gasteiger partial charge is 0.349 e. The van der Waals surface area contributed by atoms with E-state index >= 15 is 0 Å². The lowest BCUT2D eigenvalue weighted by molar-refractivity contribution is -0.127. The number of rotatable bonds is 6. The summed E-state index contributed by atoms with van der Waals surface area (Å²) in [6, 6.07) is 14.5. The molecule has 3 nitrogen and oxygen atoms in total. The fraction of sp³-hybridized carbons (Fsp3) is 0.458. The van der Waals surface area contributed by atoms with Gasteiger partial charge in [-0.25, -0.2) is 0 Å². The number of hydrogen-bond acceptors (Lipinski definition) is 2. The summed E-state index contributed by atoms with van der Waals surface area (Å²) >= 11 is 6.32. The van der Waals surface area contributed by atoms with Gasteiger partial charge in [-0.05, 0) is 68.0 Å². The van der Waals surface area contributed by atoms with Crippen LogP contribution in [0.15, 0.2) is 42.5 Å². The number of halogens is 1. The van der Waals surface area contributed by atoms with Gasteiger partial charge >= 0.3 is 0 Å². The standard InChI is InChI=1S/C24H31ClN2O/c1-4-23(19-12-11-17(2)18(3)14-19)26-24(28)21-9-7-13-27(16-21)15-20-8-5-6-10-22(20)25/h5-6,8,10-12,14,21,23H,4,7,9,13,15-16H2,1-3H3,(H,26,28)/t21-,23+/m1/s1. The van der Waals surface area contributed by atoms with Crippen molar-refractivity contribution >= 4 is 17.5 Å². The molecule has 2 aromatic carbocycles. The highest BCUT2D eigenvalue weighted by atomic mass is 35.5. The van der Waals surface area contributed by atoms with Gasteiger partial charge in [-0.15, -0.1) is 0 Å². The van der Waals surface area contributed by atoms with E-state index in [2.05, 4.69) is 55.3 Å². The first-order valence-corrected chi connectivity index (χ1v) is 10.7. The van der Waals surface area contributed by atoms with E-state index in [1.165, 1.54) is 16.7 Å². The van der Waals surface area contributed by atoms with Crippen LogP contribution < -0.4 is 5.32 Å². The summed E-state index contributed by atoms with van der Waals surface area (Å²) in [6.07, 6.45) is 2.89. The lowest BCUT2D eigenvalue weighted by atomic mass is 9.94. The Hall–Kier alpha value is -1.84. The summed E-state index contributed by atoms with van der Waals surface area (Å²) in [4.78, 5) is 15.3. The second-order valence-electron chi connectivity index (χ2n) is 7.98. The molecule has 0 bridgehead atoms. The molecular formula is C24H31ClN2O. The third-order valence-corrected chi connectivity index (χ3v) is 6.25. The first-order valence-electron chi connectivity index (χ1n) is 10.3. The molecule has 0 unspecified atom stereocenters. The van der Waals surface area contributed by atoms with Gasteiger partial charge < -0.3 is 5.32 Å². The Morgan fingerprint density at radius 1 is 1.21 bits per heavy atom. The van der Waals surface area contributed by atoms with Gasteiger partial charge in [0.15, 0.2) is 0 Å². The molecule has 0 aliphatic carbocycles. The van der Waals surface area contributed by atoms with E-state index in [0.717, 1.165) is 49.5 Å². The molecule has 1 fully saturated rings. The Labute approximate surface area is 174 Å². The minimum atomic E-state index is 0.0387. The maximum atomic E-state index is 13.0. The van der Waals surface area contributed by atoms with Crippen molar-refractivity contribution in [2.24, 2.45) is 5.92 Å². The highest BCUT2D eigenvalue weighted by Crippen LogP contribution is 2.24. The maximum absolute atomic E-state index is 13.0. The predicted octanol–water partition coefficient (Wildman–Crippen LogP) is 5.44. The highest BCUT2D eigenvalue weighted by Gasteiger charge is 2.27. The average Bonchev–Trinajstić information content (AvgIpc) is 2.70. The van der Waals surface area contributed by atoms with Crippen LogP contribution in [0, 0.1) is 19.8 Å². The van der Waals surface area contributed by atoms with E-state index in [-0.39, 0.29) is 17.9 Å². The van der Waals surface area contributed by atoms with Crippen LogP contribution in [0.2, 0.25) is 5.02 Å². The first-order chi connectivity index (χ1) is 13.5. The number of hydrogen-bond donors (Lipinski definition) is 1. The zero-order valence-corrected chi connectivity index (χ0v) is 17.9. The van der Waals surface area contributed by atoms with Crippen molar-refractivity contribution in [1.29, 1.82) is 0 Å². The van der Waals surface area contributed by atoms with E-state index < -0.39 is 0 Å². The van der Waals surface area contributed by atoms with Crippen LogP contribution in [0.25, 0.3) is 0 Å². The molecular weight excluding hydrogens is 368 g/mol. The fourth-order valence-corrected chi connectivity index (χ4v) is 4.17. The number of piperidine rings is 1. The topological polar surface area (TPSA) is 32.3 Å². The van der Waals surface area contributed by atoms with Crippen molar-refractivity contribution in [3.05, 3.63) is 69.7 Å². The van der Waals surface area contributed by atoms with Crippen LogP contribution in [0.3, 0.4) is 0 Å². The Morgan fingerprint density at radius 2 is 2.00 bits per heavy atom. The quantitative estimate of drug-likeness (QED) is 0.702. The molecule has 1 saturated heterocycles. The third-order valence-electron chi connectivity index (χ3n) is 5.89. The van der Waals surface area contributed by atoms with Crippen LogP contribution in [0.4, 0.5) is 0 Å². The Morgan fingerprint density at radius 3 is 2.71 bits per heavy atom. The molecule has 28 heavy (non-hydrogen) atoms. The maximum Gasteiger partial charge on any atom is 0.224 e. The second kappa shape index (κ2) is 9.58. The number of nitrogens with zero attached hydrogens (tertiary/aromatic N) is 1. The van der Waals surface area contributed by atoms with Gasteiger partial charge in [-0.1, -0.05) is 54.9 Å². The summed E-state index contributed by atoms with van der Waals surface area (Å²) in [5, 5.41) is 4.10. The lowest BCUT2D eigenvalue weighted by Gasteiger charge is -2.33. The number of carbonyl (C=O) groups excluding carboxylic acids is 1. The fourth-order valence-electron chi connectivity index (χ4n) is 3.97. The molecule has 2 atom stereocenters. The molecule has 1 aliphatic rings. The summed E-state index contributed by atoms with van der Waals surface area (Å²) in [5.74, 6) is 0.214. The number of nitrogens with one attached hydrogen (secondary N) is 1. The normalized spacial score (nSPS) is 18.6. The molecule has 150 valence electrons. The summed E-state index contributed by atoms with van der Waals surface area (Å²) < 4.78 is 0. The molecule has 4 heteroatoms. The van der Waals surface area contributed by atoms with Crippen molar-refractivity contribution in [3.8, 4) is 0 Å². The number of carbonyl (C=O) groups is 1. The van der Waals surface area contributed by atoms with Gasteiger partial charge in [0.25, 0.3) is 0 Å². The minimum absolute atomic E-state index is 0.0387. The van der Waals surface area contributed by atoms with Gasteiger partial charge in [-0.3, -0.25) is 9.69 Å². The molecule has 1 heterocycles. The van der Waals surface area contributed by atoms with Crippen LogP contribution in [-0.2, 0) is 11.3 Å². The molecule has 0 aromatic heterocycles. The molecule has 2 aromatic rings. The zero-order chi connectivity index (χ0) is 20.1. The number of benzene rings is 2. The van der Waals surface area contributed by atoms with Gasteiger partial charge in [0.05, 0.1) is 12.0 Å². The zero-order valence-electron chi connectivity index (χ0n) is 17.2. The van der Waals surface area contributed by atoms with Crippen molar-refractivity contribution in [1.82, 2.24) is 10.2 Å². The summed E-state index contributed by atoms with van der Waals surface area (Å²) in [5.41, 5.74) is 4.88. The van der Waals surface area contributed by atoms with Crippen LogP contribution >= 0.6 is 11.6 Å². The molecule has 0 radical (unpaired) electrons. The Kier molecular flexibility index (Phi) is 7.14. The van der Waals surface area contributed by atoms with Gasteiger partial charge in [0, 0.05) is 18.1 Å². The van der Waals surface area contributed by atoms with E-state index in [9.17, 15) is 4.79 Å². The molecule has 0 saturated carbocycles. The van der Waals surface area contributed by atoms with Crippen LogP contribution in [0.5, 0.6) is 0 Å². The Balaban J connectivity index is 1.62. The predicted molar refractivity (Wildman–Crippen MR) is 117 cm³/mol. The number of likely N-dealkylation sites (tertiary alicyclic amines) is 1. The lowest BCUT2D eigenvalue weighted by Crippen LogP contribution is -2.43. The summed E-state index contributed by atoms with van der Waals surface area (Å²) in [7, 11) is 0. The SMILES string of the molecule is CC[C@H](NC(=O)[C@@H]1CCCN(Cc2ccccc2Cl)C1)c1ccc(C)c(C)c1. The molecule has 1 N–H and O–H groups in total. The minimum Gasteiger partial charge on any atom is -0.349 e. The first kappa shape index (κ1) is 20.9. The van der Waals surface area contributed by atoms with E-state index in [0.29, 0.717) is 0 Å². The molecule has 0 spiro atoms. The monoisotopic (exact) mass is 398 g/mol. The summed E-state index contributed by atoms with van der Waals surface area (Å²) in [6.45, 7) is 8.99.